The summed E-state index contributed by atoms with van der Waals surface area (Å²) in [4.78, 5) is 13.7. The fourth-order valence-corrected chi connectivity index (χ4v) is 2.06. The third kappa shape index (κ3) is 4.20. The molecule has 3 nitrogen and oxygen atoms in total. The Morgan fingerprint density at radius 3 is 2.73 bits per heavy atom. The second-order valence-electron chi connectivity index (χ2n) is 5.23. The molecule has 1 fully saturated rings. The first-order chi connectivity index (χ1) is 7.05. The Hall–Kier alpha value is -0.570. The van der Waals surface area contributed by atoms with Crippen molar-refractivity contribution >= 4 is 5.91 Å². The molecule has 0 saturated carbocycles. The monoisotopic (exact) mass is 213 g/mol. The third-order valence-electron chi connectivity index (χ3n) is 3.24. The van der Waals surface area contributed by atoms with Gasteiger partial charge in [0.05, 0.1) is 0 Å². The van der Waals surface area contributed by atoms with Crippen LogP contribution in [0.3, 0.4) is 0 Å². The Morgan fingerprint density at radius 1 is 1.33 bits per heavy atom. The summed E-state index contributed by atoms with van der Waals surface area (Å²) in [7, 11) is 0. The van der Waals surface area contributed by atoms with Crippen LogP contribution in [-0.2, 0) is 4.79 Å². The molecular weight excluding hydrogens is 190 g/mol. The summed E-state index contributed by atoms with van der Waals surface area (Å²) in [5.74, 6) is 0.210. The molecule has 0 aliphatic carbocycles. The Morgan fingerprint density at radius 2 is 2.07 bits per heavy atom. The van der Waals surface area contributed by atoms with Gasteiger partial charge in [0.25, 0.3) is 0 Å². The summed E-state index contributed by atoms with van der Waals surface area (Å²) in [6.07, 6.45) is 4.50. The maximum atomic E-state index is 11.7. The zero-order valence-corrected chi connectivity index (χ0v) is 9.96. The number of nitrogens with zero attached hydrogens (tertiary/aromatic N) is 1. The normalized spacial score (nSPS) is 21.1. The predicted molar refractivity (Wildman–Crippen MR) is 60.5 cm³/mol. The largest absolute Gasteiger partial charge is 0.396 e. The molecule has 1 aliphatic rings. The molecule has 1 amide bonds. The summed E-state index contributed by atoms with van der Waals surface area (Å²) in [5.41, 5.74) is 0.381. The number of amides is 1. The van der Waals surface area contributed by atoms with Gasteiger partial charge in [-0.1, -0.05) is 13.8 Å². The molecule has 0 spiro atoms. The topological polar surface area (TPSA) is 40.5 Å². The van der Waals surface area contributed by atoms with Crippen molar-refractivity contribution in [2.45, 2.75) is 46.0 Å². The van der Waals surface area contributed by atoms with Crippen LogP contribution in [0.1, 0.15) is 46.0 Å². The van der Waals surface area contributed by atoms with E-state index in [1.165, 1.54) is 6.42 Å². The molecule has 3 heteroatoms. The molecule has 1 heterocycles. The molecular formula is C12H23NO2. The van der Waals surface area contributed by atoms with Crippen LogP contribution in [0.2, 0.25) is 0 Å². The van der Waals surface area contributed by atoms with Gasteiger partial charge in [0.1, 0.15) is 0 Å². The van der Waals surface area contributed by atoms with Gasteiger partial charge in [-0.2, -0.15) is 0 Å². The van der Waals surface area contributed by atoms with Crippen molar-refractivity contribution in [3.05, 3.63) is 0 Å². The van der Waals surface area contributed by atoms with Crippen LogP contribution >= 0.6 is 0 Å². The maximum absolute atomic E-state index is 11.7. The Balaban J connectivity index is 2.40. The minimum Gasteiger partial charge on any atom is -0.396 e. The highest BCUT2D eigenvalue weighted by Crippen LogP contribution is 2.29. The van der Waals surface area contributed by atoms with Crippen LogP contribution < -0.4 is 0 Å². The molecule has 15 heavy (non-hydrogen) atoms. The third-order valence-corrected chi connectivity index (χ3v) is 3.24. The average molecular weight is 213 g/mol. The fraction of sp³-hybridized carbons (Fsp3) is 0.917. The number of rotatable bonds is 3. The summed E-state index contributed by atoms with van der Waals surface area (Å²) >= 11 is 0. The quantitative estimate of drug-likeness (QED) is 0.776. The molecule has 0 aromatic carbocycles. The van der Waals surface area contributed by atoms with Gasteiger partial charge in [0, 0.05) is 26.1 Å². The van der Waals surface area contributed by atoms with Crippen LogP contribution in [0.25, 0.3) is 0 Å². The smallest absolute Gasteiger partial charge is 0.222 e. The zero-order valence-electron chi connectivity index (χ0n) is 9.96. The van der Waals surface area contributed by atoms with Crippen molar-refractivity contribution < 1.29 is 9.90 Å². The molecule has 0 atom stereocenters. The second-order valence-corrected chi connectivity index (χ2v) is 5.23. The maximum Gasteiger partial charge on any atom is 0.222 e. The molecule has 1 saturated heterocycles. The van der Waals surface area contributed by atoms with Crippen molar-refractivity contribution in [3.63, 3.8) is 0 Å². The Labute approximate surface area is 92.5 Å². The lowest BCUT2D eigenvalue weighted by molar-refractivity contribution is -0.131. The van der Waals surface area contributed by atoms with Crippen LogP contribution in [0.4, 0.5) is 0 Å². The van der Waals surface area contributed by atoms with E-state index in [0.717, 1.165) is 25.9 Å². The van der Waals surface area contributed by atoms with E-state index in [0.29, 0.717) is 18.3 Å². The fourth-order valence-electron chi connectivity index (χ4n) is 2.06. The van der Waals surface area contributed by atoms with E-state index in [4.69, 9.17) is 5.11 Å². The van der Waals surface area contributed by atoms with E-state index in [1.54, 1.807) is 0 Å². The molecule has 0 aromatic heterocycles. The van der Waals surface area contributed by atoms with E-state index in [-0.39, 0.29) is 12.5 Å². The van der Waals surface area contributed by atoms with E-state index >= 15 is 0 Å². The summed E-state index contributed by atoms with van der Waals surface area (Å²) in [6, 6.07) is 0. The lowest BCUT2D eigenvalue weighted by atomic mass is 9.85. The molecule has 1 aliphatic heterocycles. The van der Waals surface area contributed by atoms with Gasteiger partial charge in [-0.15, -0.1) is 0 Å². The number of carbonyl (C=O) groups excluding carboxylic acids is 1. The molecule has 0 unspecified atom stereocenters. The molecule has 0 bridgehead atoms. The van der Waals surface area contributed by atoms with Gasteiger partial charge in [-0.25, -0.2) is 0 Å². The minimum absolute atomic E-state index is 0.116. The summed E-state index contributed by atoms with van der Waals surface area (Å²) < 4.78 is 0. The van der Waals surface area contributed by atoms with E-state index < -0.39 is 0 Å². The van der Waals surface area contributed by atoms with Gasteiger partial charge < -0.3 is 10.0 Å². The first-order valence-corrected chi connectivity index (χ1v) is 5.94. The van der Waals surface area contributed by atoms with Crippen molar-refractivity contribution in [1.29, 1.82) is 0 Å². The highest BCUT2D eigenvalue weighted by Gasteiger charge is 2.24. The van der Waals surface area contributed by atoms with Crippen LogP contribution in [0.15, 0.2) is 0 Å². The van der Waals surface area contributed by atoms with Crippen LogP contribution in [0, 0.1) is 5.41 Å². The number of aliphatic hydroxyl groups is 1. The standard InChI is InChI=1S/C12H23NO2/c1-12(2)6-4-8-13(9-7-12)11(15)5-3-10-14/h14H,3-10H2,1-2H3. The van der Waals surface area contributed by atoms with Gasteiger partial charge in [-0.05, 0) is 31.1 Å². The second kappa shape index (κ2) is 5.50. The lowest BCUT2D eigenvalue weighted by Crippen LogP contribution is -2.32. The number of aliphatic hydroxyl groups excluding tert-OH is 1. The SMILES string of the molecule is CC1(C)CCCN(C(=O)CCCO)CC1. The highest BCUT2D eigenvalue weighted by molar-refractivity contribution is 5.76. The number of likely N-dealkylation sites (tertiary alicyclic amines) is 1. The molecule has 88 valence electrons. The summed E-state index contributed by atoms with van der Waals surface area (Å²) in [5, 5.41) is 8.68. The minimum atomic E-state index is 0.116. The van der Waals surface area contributed by atoms with Gasteiger partial charge in [-0.3, -0.25) is 4.79 Å². The molecule has 1 rings (SSSR count). The lowest BCUT2D eigenvalue weighted by Gasteiger charge is -2.23. The van der Waals surface area contributed by atoms with E-state index in [2.05, 4.69) is 13.8 Å². The molecule has 0 aromatic rings. The van der Waals surface area contributed by atoms with Crippen molar-refractivity contribution in [3.8, 4) is 0 Å². The van der Waals surface area contributed by atoms with Crippen molar-refractivity contribution in [2.75, 3.05) is 19.7 Å². The van der Waals surface area contributed by atoms with E-state index in [1.807, 2.05) is 4.90 Å². The Bertz CT molecular complexity index is 214. The van der Waals surface area contributed by atoms with Gasteiger partial charge in [0.2, 0.25) is 5.91 Å². The van der Waals surface area contributed by atoms with Crippen molar-refractivity contribution in [2.24, 2.45) is 5.41 Å². The van der Waals surface area contributed by atoms with Crippen LogP contribution in [0.5, 0.6) is 0 Å². The molecule has 1 N–H and O–H groups in total. The number of hydrogen-bond donors (Lipinski definition) is 1. The summed E-state index contributed by atoms with van der Waals surface area (Å²) in [6.45, 7) is 6.44. The first kappa shape index (κ1) is 12.5. The number of hydrogen-bond acceptors (Lipinski definition) is 2. The van der Waals surface area contributed by atoms with E-state index in [9.17, 15) is 4.79 Å². The first-order valence-electron chi connectivity index (χ1n) is 5.94. The number of carbonyl (C=O) groups is 1. The van der Waals surface area contributed by atoms with Gasteiger partial charge in [0.15, 0.2) is 0 Å². The average Bonchev–Trinajstić information content (AvgIpc) is 2.36. The van der Waals surface area contributed by atoms with Crippen LogP contribution in [-0.4, -0.2) is 35.6 Å². The Kier molecular flexibility index (Phi) is 4.58. The van der Waals surface area contributed by atoms with Crippen molar-refractivity contribution in [1.82, 2.24) is 4.90 Å². The highest BCUT2D eigenvalue weighted by atomic mass is 16.3. The predicted octanol–water partition coefficient (Wildman–Crippen LogP) is 1.80. The molecule has 0 radical (unpaired) electrons. The zero-order chi connectivity index (χ0) is 11.3. The van der Waals surface area contributed by atoms with Gasteiger partial charge >= 0.3 is 0 Å².